The molecule has 0 amide bonds. The van der Waals surface area contributed by atoms with Crippen molar-refractivity contribution in [3.8, 4) is 0 Å². The minimum Gasteiger partial charge on any atom is -0.381 e. The van der Waals surface area contributed by atoms with Gasteiger partial charge >= 0.3 is 0 Å². The normalized spacial score (nSPS) is 19.6. The second-order valence-corrected chi connectivity index (χ2v) is 6.52. The zero-order valence-electron chi connectivity index (χ0n) is 10.1. The third kappa shape index (κ3) is 3.16. The second-order valence-electron chi connectivity index (χ2n) is 4.35. The van der Waals surface area contributed by atoms with E-state index in [4.69, 9.17) is 10.5 Å². The summed E-state index contributed by atoms with van der Waals surface area (Å²) in [7, 11) is -3.21. The fraction of sp³-hybridized carbons (Fsp3) is 1.00. The summed E-state index contributed by atoms with van der Waals surface area (Å²) < 4.78 is 31.4. The molecule has 2 N–H and O–H groups in total. The van der Waals surface area contributed by atoms with Crippen molar-refractivity contribution < 1.29 is 13.2 Å². The van der Waals surface area contributed by atoms with Gasteiger partial charge in [0.25, 0.3) is 0 Å². The maximum atomic E-state index is 12.3. The van der Waals surface area contributed by atoms with E-state index in [2.05, 4.69) is 0 Å². The van der Waals surface area contributed by atoms with Crippen LogP contribution in [0.1, 0.15) is 26.7 Å². The van der Waals surface area contributed by atoms with Crippen LogP contribution >= 0.6 is 0 Å². The van der Waals surface area contributed by atoms with Crippen molar-refractivity contribution in [2.75, 3.05) is 26.3 Å². The van der Waals surface area contributed by atoms with Gasteiger partial charge in [-0.15, -0.1) is 0 Å². The van der Waals surface area contributed by atoms with E-state index < -0.39 is 10.0 Å². The first kappa shape index (κ1) is 13.9. The van der Waals surface area contributed by atoms with Crippen LogP contribution in [0.15, 0.2) is 0 Å². The van der Waals surface area contributed by atoms with Gasteiger partial charge in [-0.2, -0.15) is 4.31 Å². The van der Waals surface area contributed by atoms with Crippen molar-refractivity contribution in [1.82, 2.24) is 4.31 Å². The lowest BCUT2D eigenvalue weighted by atomic mass is 10.2. The lowest BCUT2D eigenvalue weighted by Crippen LogP contribution is -2.46. The fourth-order valence-corrected chi connectivity index (χ4v) is 4.09. The highest BCUT2D eigenvalue weighted by molar-refractivity contribution is 7.89. The van der Waals surface area contributed by atoms with E-state index in [1.165, 1.54) is 4.31 Å². The Hall–Kier alpha value is -0.170. The van der Waals surface area contributed by atoms with Crippen LogP contribution in [-0.2, 0) is 14.8 Å². The van der Waals surface area contributed by atoms with Gasteiger partial charge in [0, 0.05) is 32.3 Å². The Morgan fingerprint density at radius 3 is 2.38 bits per heavy atom. The maximum absolute atomic E-state index is 12.3. The van der Waals surface area contributed by atoms with Crippen LogP contribution in [0.3, 0.4) is 0 Å². The molecule has 1 heterocycles. The molecule has 0 aromatic carbocycles. The molecular formula is C10H22N2O3S. The zero-order chi connectivity index (χ0) is 12.2. The van der Waals surface area contributed by atoms with Gasteiger partial charge in [-0.3, -0.25) is 0 Å². The van der Waals surface area contributed by atoms with E-state index in [0.29, 0.717) is 39.1 Å². The Balaban J connectivity index is 2.79. The lowest BCUT2D eigenvalue weighted by Gasteiger charge is -2.31. The minimum atomic E-state index is -3.21. The van der Waals surface area contributed by atoms with Gasteiger partial charge < -0.3 is 10.5 Å². The van der Waals surface area contributed by atoms with Gasteiger partial charge in [-0.05, 0) is 26.7 Å². The summed E-state index contributed by atoms with van der Waals surface area (Å²) in [5.41, 5.74) is 5.46. The number of nitrogens with two attached hydrogens (primary N) is 1. The molecule has 0 aromatic heterocycles. The van der Waals surface area contributed by atoms with Crippen molar-refractivity contribution in [1.29, 1.82) is 0 Å². The van der Waals surface area contributed by atoms with Crippen LogP contribution < -0.4 is 5.73 Å². The Kier molecular flexibility index (Phi) is 5.17. The molecule has 96 valence electrons. The van der Waals surface area contributed by atoms with E-state index in [0.717, 1.165) is 0 Å². The van der Waals surface area contributed by atoms with Gasteiger partial charge in [0.2, 0.25) is 10.0 Å². The first-order valence-electron chi connectivity index (χ1n) is 5.78. The summed E-state index contributed by atoms with van der Waals surface area (Å²) >= 11 is 0. The molecule has 16 heavy (non-hydrogen) atoms. The highest BCUT2D eigenvalue weighted by atomic mass is 32.2. The van der Waals surface area contributed by atoms with E-state index in [9.17, 15) is 8.42 Å². The minimum absolute atomic E-state index is 0.0311. The molecule has 0 spiro atoms. The van der Waals surface area contributed by atoms with Crippen molar-refractivity contribution in [3.05, 3.63) is 0 Å². The van der Waals surface area contributed by atoms with Crippen molar-refractivity contribution in [2.24, 2.45) is 5.73 Å². The number of sulfonamides is 1. The summed E-state index contributed by atoms with van der Waals surface area (Å²) in [6, 6.07) is -0.0311. The summed E-state index contributed by atoms with van der Waals surface area (Å²) in [6.07, 6.45) is 1.19. The number of hydrogen-bond acceptors (Lipinski definition) is 4. The molecule has 0 radical (unpaired) electrons. The fourth-order valence-electron chi connectivity index (χ4n) is 1.97. The first-order valence-corrected chi connectivity index (χ1v) is 7.29. The topological polar surface area (TPSA) is 72.6 Å². The Morgan fingerprint density at radius 1 is 1.38 bits per heavy atom. The van der Waals surface area contributed by atoms with Crippen LogP contribution in [0.4, 0.5) is 0 Å². The van der Waals surface area contributed by atoms with Gasteiger partial charge in [0.15, 0.2) is 0 Å². The number of ether oxygens (including phenoxy) is 1. The van der Waals surface area contributed by atoms with Gasteiger partial charge in [0.1, 0.15) is 0 Å². The summed E-state index contributed by atoms with van der Waals surface area (Å²) in [5.74, 6) is 0. The molecule has 1 aliphatic heterocycles. The SMILES string of the molecule is CC(C)N(CCN)S(=O)(=O)C1CCOCC1. The van der Waals surface area contributed by atoms with E-state index in [-0.39, 0.29) is 11.3 Å². The van der Waals surface area contributed by atoms with Crippen LogP contribution in [0.25, 0.3) is 0 Å². The second kappa shape index (κ2) is 5.95. The van der Waals surface area contributed by atoms with Crippen molar-refractivity contribution in [3.63, 3.8) is 0 Å². The molecule has 0 aliphatic carbocycles. The lowest BCUT2D eigenvalue weighted by molar-refractivity contribution is 0.0969. The van der Waals surface area contributed by atoms with Gasteiger partial charge in [-0.25, -0.2) is 8.42 Å². The molecule has 0 atom stereocenters. The Labute approximate surface area is 98.0 Å². The van der Waals surface area contributed by atoms with E-state index in [1.54, 1.807) is 0 Å². The molecule has 0 aromatic rings. The summed E-state index contributed by atoms with van der Waals surface area (Å²) in [4.78, 5) is 0. The molecule has 1 aliphatic rings. The molecule has 1 rings (SSSR count). The smallest absolute Gasteiger partial charge is 0.217 e. The predicted molar refractivity (Wildman–Crippen MR) is 63.7 cm³/mol. The third-order valence-electron chi connectivity index (χ3n) is 2.84. The van der Waals surface area contributed by atoms with E-state index >= 15 is 0 Å². The molecule has 0 saturated carbocycles. The number of nitrogens with zero attached hydrogens (tertiary/aromatic N) is 1. The number of hydrogen-bond donors (Lipinski definition) is 1. The molecule has 1 saturated heterocycles. The summed E-state index contributed by atoms with van der Waals surface area (Å²) in [5, 5.41) is -0.296. The van der Waals surface area contributed by atoms with Crippen LogP contribution in [0.5, 0.6) is 0 Å². The van der Waals surface area contributed by atoms with Crippen molar-refractivity contribution >= 4 is 10.0 Å². The quantitative estimate of drug-likeness (QED) is 0.754. The molecule has 1 fully saturated rings. The Morgan fingerprint density at radius 2 is 1.94 bits per heavy atom. The van der Waals surface area contributed by atoms with Gasteiger partial charge in [-0.1, -0.05) is 0 Å². The van der Waals surface area contributed by atoms with Crippen LogP contribution in [-0.4, -0.2) is 50.3 Å². The van der Waals surface area contributed by atoms with E-state index in [1.807, 2.05) is 13.8 Å². The average Bonchev–Trinajstić information content (AvgIpc) is 2.26. The Bertz CT molecular complexity index is 297. The highest BCUT2D eigenvalue weighted by Crippen LogP contribution is 2.21. The first-order chi connectivity index (χ1) is 7.50. The molecule has 6 heteroatoms. The van der Waals surface area contributed by atoms with Crippen LogP contribution in [0, 0.1) is 0 Å². The zero-order valence-corrected chi connectivity index (χ0v) is 10.9. The molecule has 0 unspecified atom stereocenters. The predicted octanol–water partition coefficient (Wildman–Crippen LogP) is 0.164. The van der Waals surface area contributed by atoms with Crippen LogP contribution in [0.2, 0.25) is 0 Å². The maximum Gasteiger partial charge on any atom is 0.217 e. The largest absolute Gasteiger partial charge is 0.381 e. The molecule has 5 nitrogen and oxygen atoms in total. The summed E-state index contributed by atoms with van der Waals surface area (Å²) in [6.45, 7) is 5.61. The third-order valence-corrected chi connectivity index (χ3v) is 5.41. The van der Waals surface area contributed by atoms with Gasteiger partial charge in [0.05, 0.1) is 5.25 Å². The monoisotopic (exact) mass is 250 g/mol. The standard InChI is InChI=1S/C10H22N2O3S/c1-9(2)12(6-5-11)16(13,14)10-3-7-15-8-4-10/h9-10H,3-8,11H2,1-2H3. The number of rotatable bonds is 5. The van der Waals surface area contributed by atoms with Crippen molar-refractivity contribution in [2.45, 2.75) is 38.0 Å². The highest BCUT2D eigenvalue weighted by Gasteiger charge is 2.34. The molecular weight excluding hydrogens is 228 g/mol. The average molecular weight is 250 g/mol. The molecule has 0 bridgehead atoms.